The molecule has 0 aromatic heterocycles. The molecule has 0 bridgehead atoms. The predicted molar refractivity (Wildman–Crippen MR) is 109 cm³/mol. The van der Waals surface area contributed by atoms with Crippen LogP contribution in [0.15, 0.2) is 53.6 Å². The van der Waals surface area contributed by atoms with Gasteiger partial charge in [0.15, 0.2) is 0 Å². The van der Waals surface area contributed by atoms with Crippen LogP contribution >= 0.6 is 11.6 Å². The number of carboxylic acid groups (broad SMARTS) is 1. The van der Waals surface area contributed by atoms with Crippen LogP contribution in [0.2, 0.25) is 5.02 Å². The van der Waals surface area contributed by atoms with Crippen LogP contribution in [-0.2, 0) is 16.0 Å². The summed E-state index contributed by atoms with van der Waals surface area (Å²) in [6.45, 7) is 2.10. The molecule has 6 heteroatoms. The van der Waals surface area contributed by atoms with Gasteiger partial charge in [-0.3, -0.25) is 9.59 Å². The van der Waals surface area contributed by atoms with E-state index in [1.165, 1.54) is 10.6 Å². The second-order valence-corrected chi connectivity index (χ2v) is 7.23. The highest BCUT2D eigenvalue weighted by molar-refractivity contribution is 6.31. The van der Waals surface area contributed by atoms with E-state index in [0.717, 1.165) is 23.3 Å². The molecule has 1 heterocycles. The van der Waals surface area contributed by atoms with Crippen molar-refractivity contribution in [1.82, 2.24) is 5.01 Å². The van der Waals surface area contributed by atoms with Gasteiger partial charge >= 0.3 is 5.97 Å². The predicted octanol–water partition coefficient (Wildman–Crippen LogP) is 4.84. The Bertz CT molecular complexity index is 893. The zero-order chi connectivity index (χ0) is 20.1. The standard InChI is InChI=1S/C22H23ClN2O3/c1-2-15-10-12-16(13-11-15)19-14-20(17-6-3-4-7-18(17)23)25(24-19)21(26)8-5-9-22(27)28/h3-4,6-7,10-13,20H,2,5,8-9,14H2,1H3,(H,27,28)/t20-/m1/s1. The number of halogens is 1. The maximum absolute atomic E-state index is 12.8. The maximum Gasteiger partial charge on any atom is 0.303 e. The van der Waals surface area contributed by atoms with E-state index in [1.807, 2.05) is 30.3 Å². The van der Waals surface area contributed by atoms with Gasteiger partial charge in [0.2, 0.25) is 5.91 Å². The third-order valence-electron chi connectivity index (χ3n) is 4.91. The molecule has 0 saturated heterocycles. The summed E-state index contributed by atoms with van der Waals surface area (Å²) in [5, 5.41) is 15.5. The average Bonchev–Trinajstić information content (AvgIpc) is 3.13. The van der Waals surface area contributed by atoms with Crippen molar-refractivity contribution in [3.63, 3.8) is 0 Å². The highest BCUT2D eigenvalue weighted by Crippen LogP contribution is 2.36. The number of rotatable bonds is 7. The number of hydrogen-bond donors (Lipinski definition) is 1. The summed E-state index contributed by atoms with van der Waals surface area (Å²) < 4.78 is 0. The lowest BCUT2D eigenvalue weighted by atomic mass is 9.97. The first kappa shape index (κ1) is 20.1. The first-order chi connectivity index (χ1) is 13.5. The Hall–Kier alpha value is -2.66. The number of carbonyl (C=O) groups excluding carboxylic acids is 1. The van der Waals surface area contributed by atoms with Gasteiger partial charge in [0.1, 0.15) is 0 Å². The normalized spacial score (nSPS) is 16.1. The number of amides is 1. The Kier molecular flexibility index (Phi) is 6.47. The minimum atomic E-state index is -0.905. The summed E-state index contributed by atoms with van der Waals surface area (Å²) in [6.07, 6.45) is 1.92. The van der Waals surface area contributed by atoms with Gasteiger partial charge in [-0.1, -0.05) is 61.0 Å². The van der Waals surface area contributed by atoms with Crippen LogP contribution in [0.25, 0.3) is 0 Å². The number of aryl methyl sites for hydroxylation is 1. The zero-order valence-electron chi connectivity index (χ0n) is 15.8. The Morgan fingerprint density at radius 3 is 2.50 bits per heavy atom. The molecular formula is C22H23ClN2O3. The number of hydrogen-bond acceptors (Lipinski definition) is 3. The summed E-state index contributed by atoms with van der Waals surface area (Å²) in [6, 6.07) is 15.4. The first-order valence-electron chi connectivity index (χ1n) is 9.44. The number of benzene rings is 2. The third-order valence-corrected chi connectivity index (χ3v) is 5.25. The van der Waals surface area contributed by atoms with Gasteiger partial charge in [-0.25, -0.2) is 5.01 Å². The summed E-state index contributed by atoms with van der Waals surface area (Å²) in [4.78, 5) is 23.5. The number of hydrazone groups is 1. The summed E-state index contributed by atoms with van der Waals surface area (Å²) >= 11 is 6.39. The van der Waals surface area contributed by atoms with E-state index in [1.54, 1.807) is 6.07 Å². The Morgan fingerprint density at radius 2 is 1.86 bits per heavy atom. The Balaban J connectivity index is 1.87. The molecule has 5 nitrogen and oxygen atoms in total. The SMILES string of the molecule is CCc1ccc(C2=NN(C(=O)CCCC(=O)O)[C@@H](c3ccccc3Cl)C2)cc1. The highest BCUT2D eigenvalue weighted by atomic mass is 35.5. The molecule has 0 fully saturated rings. The molecule has 1 aliphatic heterocycles. The van der Waals surface area contributed by atoms with Crippen molar-refractivity contribution in [2.75, 3.05) is 0 Å². The lowest BCUT2D eigenvalue weighted by Crippen LogP contribution is -2.27. The van der Waals surface area contributed by atoms with E-state index in [-0.39, 0.29) is 31.2 Å². The number of carboxylic acids is 1. The topological polar surface area (TPSA) is 70.0 Å². The highest BCUT2D eigenvalue weighted by Gasteiger charge is 2.33. The zero-order valence-corrected chi connectivity index (χ0v) is 16.5. The van der Waals surface area contributed by atoms with Crippen LogP contribution in [0.3, 0.4) is 0 Å². The van der Waals surface area contributed by atoms with E-state index in [9.17, 15) is 9.59 Å². The largest absolute Gasteiger partial charge is 0.481 e. The van der Waals surface area contributed by atoms with Gasteiger partial charge in [0.05, 0.1) is 11.8 Å². The monoisotopic (exact) mass is 398 g/mol. The maximum atomic E-state index is 12.8. The smallest absolute Gasteiger partial charge is 0.303 e. The summed E-state index contributed by atoms with van der Waals surface area (Å²) in [7, 11) is 0. The lowest BCUT2D eigenvalue weighted by molar-refractivity contribution is -0.137. The molecule has 2 aromatic rings. The molecule has 1 atom stereocenters. The number of nitrogens with zero attached hydrogens (tertiary/aromatic N) is 2. The molecule has 0 spiro atoms. The second kappa shape index (κ2) is 9.02. The molecule has 1 aliphatic rings. The number of aliphatic carboxylic acids is 1. The molecule has 2 aromatic carbocycles. The van der Waals surface area contributed by atoms with E-state index in [0.29, 0.717) is 11.4 Å². The van der Waals surface area contributed by atoms with Gasteiger partial charge in [-0.2, -0.15) is 5.10 Å². The van der Waals surface area contributed by atoms with E-state index in [2.05, 4.69) is 24.2 Å². The molecule has 3 rings (SSSR count). The fourth-order valence-electron chi connectivity index (χ4n) is 3.34. The summed E-state index contributed by atoms with van der Waals surface area (Å²) in [5.41, 5.74) is 3.90. The molecule has 0 radical (unpaired) electrons. The minimum absolute atomic E-state index is 0.0363. The molecule has 0 saturated carbocycles. The number of carbonyl (C=O) groups is 2. The average molecular weight is 399 g/mol. The summed E-state index contributed by atoms with van der Waals surface area (Å²) in [5.74, 6) is -1.09. The van der Waals surface area contributed by atoms with Crippen LogP contribution in [0.5, 0.6) is 0 Å². The third kappa shape index (κ3) is 4.60. The van der Waals surface area contributed by atoms with Gasteiger partial charge < -0.3 is 5.11 Å². The molecule has 28 heavy (non-hydrogen) atoms. The minimum Gasteiger partial charge on any atom is -0.481 e. The van der Waals surface area contributed by atoms with Crippen molar-refractivity contribution in [2.24, 2.45) is 5.10 Å². The molecule has 1 amide bonds. The second-order valence-electron chi connectivity index (χ2n) is 6.82. The van der Waals surface area contributed by atoms with E-state index < -0.39 is 5.97 Å². The van der Waals surface area contributed by atoms with Crippen LogP contribution in [0.4, 0.5) is 0 Å². The molecule has 1 N–H and O–H groups in total. The Morgan fingerprint density at radius 1 is 1.14 bits per heavy atom. The fraction of sp³-hybridized carbons (Fsp3) is 0.318. The Labute approximate surface area is 169 Å². The van der Waals surface area contributed by atoms with E-state index in [4.69, 9.17) is 16.7 Å². The van der Waals surface area contributed by atoms with Crippen molar-refractivity contribution in [2.45, 2.75) is 45.1 Å². The van der Waals surface area contributed by atoms with Crippen molar-refractivity contribution >= 4 is 29.2 Å². The van der Waals surface area contributed by atoms with Crippen LogP contribution < -0.4 is 0 Å². The fourth-order valence-corrected chi connectivity index (χ4v) is 3.60. The van der Waals surface area contributed by atoms with Crippen molar-refractivity contribution in [3.8, 4) is 0 Å². The van der Waals surface area contributed by atoms with Crippen molar-refractivity contribution in [3.05, 3.63) is 70.2 Å². The van der Waals surface area contributed by atoms with Crippen LogP contribution in [0, 0.1) is 0 Å². The van der Waals surface area contributed by atoms with Gasteiger partial charge in [0.25, 0.3) is 0 Å². The van der Waals surface area contributed by atoms with Crippen LogP contribution in [0.1, 0.15) is 55.3 Å². The van der Waals surface area contributed by atoms with Crippen LogP contribution in [-0.4, -0.2) is 27.7 Å². The van der Waals surface area contributed by atoms with Crippen molar-refractivity contribution in [1.29, 1.82) is 0 Å². The van der Waals surface area contributed by atoms with Gasteiger partial charge in [0, 0.05) is 24.3 Å². The molecular weight excluding hydrogens is 376 g/mol. The molecule has 0 aliphatic carbocycles. The molecule has 0 unspecified atom stereocenters. The first-order valence-corrected chi connectivity index (χ1v) is 9.82. The quantitative estimate of drug-likeness (QED) is 0.725. The van der Waals surface area contributed by atoms with Crippen molar-refractivity contribution < 1.29 is 14.7 Å². The lowest BCUT2D eigenvalue weighted by Gasteiger charge is -2.22. The van der Waals surface area contributed by atoms with Gasteiger partial charge in [-0.05, 0) is 35.6 Å². The van der Waals surface area contributed by atoms with E-state index >= 15 is 0 Å². The van der Waals surface area contributed by atoms with Gasteiger partial charge in [-0.15, -0.1) is 0 Å². The molecule has 146 valence electrons.